The van der Waals surface area contributed by atoms with Crippen molar-refractivity contribution in [3.05, 3.63) is 60.2 Å². The predicted molar refractivity (Wildman–Crippen MR) is 131 cm³/mol. The standard InChI is InChI=1S/C28H34N2O6/c1-26(2,3)29-15-10-14-28-20(21-25(34)35-16-9-8-13-27(21,4)36-28)23(32)30(22(28)24(29)33)19(17-31)18-11-6-5-7-12-18/h5-8,10-14,19-22,31H,9,15-17H2,1-4H3/t19-,20+,21+,22?,27-,28+/m1/s1. The van der Waals surface area contributed by atoms with E-state index in [0.29, 0.717) is 18.5 Å². The molecule has 0 aromatic heterocycles. The van der Waals surface area contributed by atoms with Gasteiger partial charge in [0.25, 0.3) is 0 Å². The molecule has 0 aliphatic carbocycles. The summed E-state index contributed by atoms with van der Waals surface area (Å²) in [6, 6.07) is 7.32. The van der Waals surface area contributed by atoms with Crippen LogP contribution in [0.5, 0.6) is 0 Å². The van der Waals surface area contributed by atoms with E-state index in [1.807, 2.05) is 69.3 Å². The van der Waals surface area contributed by atoms with Crippen molar-refractivity contribution in [2.45, 2.75) is 62.9 Å². The van der Waals surface area contributed by atoms with Crippen LogP contribution >= 0.6 is 0 Å². The van der Waals surface area contributed by atoms with Gasteiger partial charge in [0.05, 0.1) is 30.8 Å². The zero-order chi connectivity index (χ0) is 25.9. The van der Waals surface area contributed by atoms with Crippen molar-refractivity contribution >= 4 is 17.8 Å². The minimum Gasteiger partial charge on any atom is -0.465 e. The number of esters is 1. The van der Waals surface area contributed by atoms with Gasteiger partial charge in [0, 0.05) is 12.1 Å². The van der Waals surface area contributed by atoms with Crippen LogP contribution in [0.25, 0.3) is 0 Å². The molecule has 2 saturated heterocycles. The van der Waals surface area contributed by atoms with Gasteiger partial charge in [0.15, 0.2) is 0 Å². The van der Waals surface area contributed by atoms with Gasteiger partial charge in [-0.1, -0.05) is 54.6 Å². The Balaban J connectivity index is 1.72. The van der Waals surface area contributed by atoms with Gasteiger partial charge >= 0.3 is 5.97 Å². The summed E-state index contributed by atoms with van der Waals surface area (Å²) in [5, 5.41) is 10.5. The number of benzene rings is 1. The second-order valence-corrected chi connectivity index (χ2v) is 11.2. The molecular weight excluding hydrogens is 460 g/mol. The highest BCUT2D eigenvalue weighted by atomic mass is 16.6. The second-order valence-electron chi connectivity index (χ2n) is 11.2. The number of carbonyl (C=O) groups excluding carboxylic acids is 3. The molecule has 1 spiro atoms. The summed E-state index contributed by atoms with van der Waals surface area (Å²) in [5.41, 5.74) is -2.33. The molecule has 0 bridgehead atoms. The zero-order valence-electron chi connectivity index (χ0n) is 21.2. The monoisotopic (exact) mass is 494 g/mol. The molecule has 4 aliphatic rings. The average Bonchev–Trinajstić information content (AvgIpc) is 3.13. The Morgan fingerprint density at radius 3 is 2.44 bits per heavy atom. The predicted octanol–water partition coefficient (Wildman–Crippen LogP) is 2.39. The van der Waals surface area contributed by atoms with Crippen LogP contribution in [-0.2, 0) is 23.9 Å². The van der Waals surface area contributed by atoms with E-state index in [-0.39, 0.29) is 19.1 Å². The Labute approximate surface area is 211 Å². The number of ether oxygens (including phenoxy) is 2. The number of carbonyl (C=O) groups is 3. The summed E-state index contributed by atoms with van der Waals surface area (Å²) in [5.74, 6) is -3.07. The number of likely N-dealkylation sites (tertiary alicyclic amines) is 1. The normalized spacial score (nSPS) is 34.9. The van der Waals surface area contributed by atoms with Crippen molar-refractivity contribution in [3.63, 3.8) is 0 Å². The number of aliphatic hydroxyl groups excluding tert-OH is 1. The van der Waals surface area contributed by atoms with Gasteiger partial charge in [-0.25, -0.2) is 0 Å². The number of cyclic esters (lactones) is 1. The smallest absolute Gasteiger partial charge is 0.313 e. The maximum atomic E-state index is 14.4. The third kappa shape index (κ3) is 3.53. The second kappa shape index (κ2) is 8.56. The van der Waals surface area contributed by atoms with Crippen molar-refractivity contribution in [1.82, 2.24) is 9.80 Å². The molecule has 0 saturated carbocycles. The molecule has 5 rings (SSSR count). The number of rotatable bonds is 3. The number of fused-ring (bicyclic) bond motifs is 2. The molecule has 192 valence electrons. The molecule has 36 heavy (non-hydrogen) atoms. The third-order valence-corrected chi connectivity index (χ3v) is 7.96. The Bertz CT molecular complexity index is 1120. The summed E-state index contributed by atoms with van der Waals surface area (Å²) in [4.78, 5) is 45.3. The summed E-state index contributed by atoms with van der Waals surface area (Å²) in [6.07, 6.45) is 7.96. The Morgan fingerprint density at radius 1 is 1.06 bits per heavy atom. The van der Waals surface area contributed by atoms with Crippen LogP contribution in [-0.4, -0.2) is 75.2 Å². The number of amides is 2. The van der Waals surface area contributed by atoms with E-state index in [0.717, 1.165) is 0 Å². The van der Waals surface area contributed by atoms with Crippen LogP contribution in [0, 0.1) is 11.8 Å². The molecular formula is C28H34N2O6. The first kappa shape index (κ1) is 24.7. The van der Waals surface area contributed by atoms with Crippen LogP contribution in [0.2, 0.25) is 0 Å². The molecule has 8 heteroatoms. The number of nitrogens with zero attached hydrogens (tertiary/aromatic N) is 2. The third-order valence-electron chi connectivity index (χ3n) is 7.96. The van der Waals surface area contributed by atoms with Crippen molar-refractivity contribution in [2.24, 2.45) is 11.8 Å². The first-order valence-corrected chi connectivity index (χ1v) is 12.6. The van der Waals surface area contributed by atoms with Crippen LogP contribution < -0.4 is 0 Å². The Hall–Kier alpha value is -2.97. The van der Waals surface area contributed by atoms with Crippen molar-refractivity contribution in [1.29, 1.82) is 0 Å². The first-order valence-electron chi connectivity index (χ1n) is 12.6. The minimum absolute atomic E-state index is 0.221. The highest BCUT2D eigenvalue weighted by Gasteiger charge is 2.75. The molecule has 1 aromatic rings. The van der Waals surface area contributed by atoms with Crippen molar-refractivity contribution in [2.75, 3.05) is 19.8 Å². The number of hydrogen-bond acceptors (Lipinski definition) is 6. The minimum atomic E-state index is -1.39. The quantitative estimate of drug-likeness (QED) is 0.512. The molecule has 2 fully saturated rings. The largest absolute Gasteiger partial charge is 0.465 e. The summed E-state index contributed by atoms with van der Waals surface area (Å²) < 4.78 is 12.3. The average molecular weight is 495 g/mol. The Morgan fingerprint density at radius 2 is 1.78 bits per heavy atom. The van der Waals surface area contributed by atoms with E-state index in [1.54, 1.807) is 17.9 Å². The molecule has 0 radical (unpaired) electrons. The number of hydrogen-bond donors (Lipinski definition) is 1. The highest BCUT2D eigenvalue weighted by molar-refractivity contribution is 5.99. The van der Waals surface area contributed by atoms with E-state index in [2.05, 4.69) is 0 Å². The maximum absolute atomic E-state index is 14.4. The Kier molecular flexibility index (Phi) is 5.87. The first-order chi connectivity index (χ1) is 17.0. The van der Waals surface area contributed by atoms with Gasteiger partial charge in [-0.3, -0.25) is 14.4 Å². The van der Waals surface area contributed by atoms with Crippen molar-refractivity contribution in [3.8, 4) is 0 Å². The zero-order valence-corrected chi connectivity index (χ0v) is 21.2. The van der Waals surface area contributed by atoms with E-state index < -0.39 is 52.5 Å². The van der Waals surface area contributed by atoms with Gasteiger partial charge in [0.2, 0.25) is 11.8 Å². The lowest BCUT2D eigenvalue weighted by molar-refractivity contribution is -0.163. The molecule has 4 aliphatic heterocycles. The fraction of sp³-hybridized carbons (Fsp3) is 0.536. The van der Waals surface area contributed by atoms with Crippen LogP contribution in [0.1, 0.15) is 45.7 Å². The molecule has 6 atom stereocenters. The lowest BCUT2D eigenvalue weighted by Crippen LogP contribution is -2.59. The van der Waals surface area contributed by atoms with Crippen molar-refractivity contribution < 1.29 is 29.0 Å². The molecule has 1 N–H and O–H groups in total. The van der Waals surface area contributed by atoms with E-state index in [1.165, 1.54) is 4.90 Å². The lowest BCUT2D eigenvalue weighted by Gasteiger charge is -2.43. The molecule has 1 unspecified atom stereocenters. The van der Waals surface area contributed by atoms with Gasteiger partial charge in [0.1, 0.15) is 17.6 Å². The SMILES string of the molecule is CC(C)(C)N1CC=C[C@]23O[C@]4(C)C=CCCOC(=O)[C@@H]4[C@H]2C(=O)N([C@H](CO)c2ccccc2)C3C1=O. The molecule has 1 aromatic carbocycles. The highest BCUT2D eigenvalue weighted by Crippen LogP contribution is 2.58. The summed E-state index contributed by atoms with van der Waals surface area (Å²) in [6.45, 7) is 7.80. The molecule has 8 nitrogen and oxygen atoms in total. The van der Waals surface area contributed by atoms with Crippen LogP contribution in [0.3, 0.4) is 0 Å². The molecule has 4 heterocycles. The summed E-state index contributed by atoms with van der Waals surface area (Å²) in [7, 11) is 0. The fourth-order valence-corrected chi connectivity index (χ4v) is 6.40. The van der Waals surface area contributed by atoms with E-state index >= 15 is 0 Å². The topological polar surface area (TPSA) is 96.4 Å². The van der Waals surface area contributed by atoms with E-state index in [4.69, 9.17) is 9.47 Å². The van der Waals surface area contributed by atoms with Gasteiger partial charge < -0.3 is 24.4 Å². The number of aliphatic hydroxyl groups is 1. The van der Waals surface area contributed by atoms with Crippen LogP contribution in [0.15, 0.2) is 54.6 Å². The van der Waals surface area contributed by atoms with Gasteiger partial charge in [-0.05, 0) is 39.7 Å². The lowest BCUT2D eigenvalue weighted by atomic mass is 9.74. The summed E-state index contributed by atoms with van der Waals surface area (Å²) >= 11 is 0. The van der Waals surface area contributed by atoms with E-state index in [9.17, 15) is 19.5 Å². The van der Waals surface area contributed by atoms with Gasteiger partial charge in [-0.2, -0.15) is 0 Å². The fourth-order valence-electron chi connectivity index (χ4n) is 6.40. The maximum Gasteiger partial charge on any atom is 0.313 e. The van der Waals surface area contributed by atoms with Crippen LogP contribution in [0.4, 0.5) is 0 Å². The molecule has 2 amide bonds. The van der Waals surface area contributed by atoms with Gasteiger partial charge in [-0.15, -0.1) is 0 Å².